The third-order valence-electron chi connectivity index (χ3n) is 1.40. The second-order valence-corrected chi connectivity index (χ2v) is 3.65. The van der Waals surface area contributed by atoms with E-state index < -0.39 is 12.8 Å². The van der Waals surface area contributed by atoms with Crippen molar-refractivity contribution < 1.29 is 17.4 Å². The molecule has 0 spiro atoms. The summed E-state index contributed by atoms with van der Waals surface area (Å²) in [5, 5.41) is 0. The zero-order chi connectivity index (χ0) is 12.6. The van der Waals surface area contributed by atoms with Crippen molar-refractivity contribution in [2.24, 2.45) is 0 Å². The van der Waals surface area contributed by atoms with Gasteiger partial charge in [0.25, 0.3) is 0 Å². The number of benzene rings is 1. The van der Waals surface area contributed by atoms with Crippen molar-refractivity contribution in [2.45, 2.75) is 31.8 Å². The zero-order valence-corrected chi connectivity index (χ0v) is 10.3. The molecular formula is C11H15F3OS. The Morgan fingerprint density at radius 2 is 1.62 bits per heavy atom. The molecule has 0 unspecified atom stereocenters. The Bertz CT molecular complexity index is 282. The maximum absolute atomic E-state index is 11.7. The highest BCUT2D eigenvalue weighted by Gasteiger charge is 2.27. The molecule has 0 bridgehead atoms. The van der Waals surface area contributed by atoms with Gasteiger partial charge in [-0.3, -0.25) is 0 Å². The SMILES string of the molecule is CC.Cc1ccc(SOCC(F)(F)F)cc1. The van der Waals surface area contributed by atoms with Crippen LogP contribution in [0.3, 0.4) is 0 Å². The van der Waals surface area contributed by atoms with Gasteiger partial charge in [-0.1, -0.05) is 31.5 Å². The number of hydrogen-bond donors (Lipinski definition) is 0. The summed E-state index contributed by atoms with van der Waals surface area (Å²) in [6.07, 6.45) is -4.27. The molecule has 0 heterocycles. The van der Waals surface area contributed by atoms with E-state index in [1.807, 2.05) is 32.9 Å². The van der Waals surface area contributed by atoms with Gasteiger partial charge in [-0.2, -0.15) is 13.2 Å². The van der Waals surface area contributed by atoms with Crippen LogP contribution in [0.15, 0.2) is 29.2 Å². The minimum absolute atomic E-state index is 0.667. The normalized spacial score (nSPS) is 10.6. The Kier molecular flexibility index (Phi) is 7.25. The first kappa shape index (κ1) is 15.3. The first-order valence-electron chi connectivity index (χ1n) is 4.90. The van der Waals surface area contributed by atoms with Crippen LogP contribution in [0.5, 0.6) is 0 Å². The molecule has 0 fully saturated rings. The molecule has 1 aromatic rings. The van der Waals surface area contributed by atoms with Gasteiger partial charge in [0.05, 0.1) is 0 Å². The number of halogens is 3. The lowest BCUT2D eigenvalue weighted by Crippen LogP contribution is -2.14. The van der Waals surface area contributed by atoms with Crippen LogP contribution in [-0.2, 0) is 4.18 Å². The lowest BCUT2D eigenvalue weighted by molar-refractivity contribution is -0.150. The van der Waals surface area contributed by atoms with Crippen LogP contribution < -0.4 is 0 Å². The molecule has 0 aliphatic rings. The van der Waals surface area contributed by atoms with Crippen LogP contribution in [0, 0.1) is 6.92 Å². The fourth-order valence-corrected chi connectivity index (χ4v) is 1.33. The van der Waals surface area contributed by atoms with Crippen LogP contribution >= 0.6 is 12.0 Å². The molecule has 1 rings (SSSR count). The highest BCUT2D eigenvalue weighted by Crippen LogP contribution is 2.23. The first-order chi connectivity index (χ1) is 7.47. The topological polar surface area (TPSA) is 9.23 Å². The van der Waals surface area contributed by atoms with Crippen LogP contribution in [0.1, 0.15) is 19.4 Å². The van der Waals surface area contributed by atoms with E-state index in [9.17, 15) is 13.2 Å². The van der Waals surface area contributed by atoms with E-state index in [-0.39, 0.29) is 0 Å². The third-order valence-corrected chi connectivity index (χ3v) is 2.10. The average molecular weight is 252 g/mol. The third kappa shape index (κ3) is 7.59. The zero-order valence-electron chi connectivity index (χ0n) is 9.47. The van der Waals surface area contributed by atoms with E-state index in [4.69, 9.17) is 0 Å². The second kappa shape index (κ2) is 7.57. The quantitative estimate of drug-likeness (QED) is 0.727. The fraction of sp³-hybridized carbons (Fsp3) is 0.455. The molecule has 5 heteroatoms. The summed E-state index contributed by atoms with van der Waals surface area (Å²) in [5.41, 5.74) is 1.06. The van der Waals surface area contributed by atoms with E-state index in [0.29, 0.717) is 4.90 Å². The summed E-state index contributed by atoms with van der Waals surface area (Å²) in [7, 11) is 0. The maximum Gasteiger partial charge on any atom is 0.413 e. The van der Waals surface area contributed by atoms with Crippen LogP contribution in [0.4, 0.5) is 13.2 Å². The molecule has 0 saturated carbocycles. The van der Waals surface area contributed by atoms with Crippen molar-refractivity contribution in [1.82, 2.24) is 0 Å². The van der Waals surface area contributed by atoms with E-state index in [0.717, 1.165) is 17.6 Å². The van der Waals surface area contributed by atoms with Crippen molar-refractivity contribution in [1.29, 1.82) is 0 Å². The summed E-state index contributed by atoms with van der Waals surface area (Å²) >= 11 is 0.736. The van der Waals surface area contributed by atoms with Gasteiger partial charge in [-0.15, -0.1) is 0 Å². The number of aryl methyl sites for hydroxylation is 1. The molecule has 0 amide bonds. The highest BCUT2D eigenvalue weighted by atomic mass is 32.2. The monoisotopic (exact) mass is 252 g/mol. The van der Waals surface area contributed by atoms with Gasteiger partial charge >= 0.3 is 6.18 Å². The van der Waals surface area contributed by atoms with Crippen LogP contribution in [-0.4, -0.2) is 12.8 Å². The summed E-state index contributed by atoms with van der Waals surface area (Å²) in [6, 6.07) is 7.07. The molecule has 0 atom stereocenters. The average Bonchev–Trinajstić information content (AvgIpc) is 2.22. The molecule has 0 aliphatic carbocycles. The summed E-state index contributed by atoms with van der Waals surface area (Å²) in [4.78, 5) is 0.667. The highest BCUT2D eigenvalue weighted by molar-refractivity contribution is 7.94. The minimum atomic E-state index is -4.27. The molecule has 0 saturated heterocycles. The molecular weight excluding hydrogens is 237 g/mol. The van der Waals surface area contributed by atoms with Crippen molar-refractivity contribution in [3.05, 3.63) is 29.8 Å². The van der Waals surface area contributed by atoms with E-state index in [2.05, 4.69) is 4.18 Å². The summed E-state index contributed by atoms with van der Waals surface area (Å²) in [5.74, 6) is 0. The maximum atomic E-state index is 11.7. The minimum Gasteiger partial charge on any atom is -0.301 e. The number of hydrogen-bond acceptors (Lipinski definition) is 2. The molecule has 1 aromatic carbocycles. The first-order valence-corrected chi connectivity index (χ1v) is 5.64. The Labute approximate surface area is 98.2 Å². The van der Waals surface area contributed by atoms with E-state index in [1.54, 1.807) is 12.1 Å². The Morgan fingerprint density at radius 3 is 2.06 bits per heavy atom. The molecule has 0 N–H and O–H groups in total. The van der Waals surface area contributed by atoms with Gasteiger partial charge in [0.15, 0.2) is 6.61 Å². The molecule has 0 radical (unpaired) electrons. The lowest BCUT2D eigenvalue weighted by Gasteiger charge is -2.05. The van der Waals surface area contributed by atoms with Gasteiger partial charge in [0.2, 0.25) is 0 Å². The van der Waals surface area contributed by atoms with E-state index >= 15 is 0 Å². The van der Waals surface area contributed by atoms with Gasteiger partial charge in [-0.25, -0.2) is 0 Å². The summed E-state index contributed by atoms with van der Waals surface area (Å²) in [6.45, 7) is 4.68. The van der Waals surface area contributed by atoms with Crippen LogP contribution in [0.2, 0.25) is 0 Å². The molecule has 0 aliphatic heterocycles. The summed E-state index contributed by atoms with van der Waals surface area (Å²) < 4.78 is 39.5. The number of rotatable bonds is 3. The van der Waals surface area contributed by atoms with Crippen molar-refractivity contribution in [3.63, 3.8) is 0 Å². The molecule has 92 valence electrons. The standard InChI is InChI=1S/C9H9F3OS.C2H6/c1-7-2-4-8(5-3-7)14-13-6-9(10,11)12;1-2/h2-5H,6H2,1H3;1-2H3. The Balaban J connectivity index is 0.00000106. The lowest BCUT2D eigenvalue weighted by atomic mass is 10.2. The van der Waals surface area contributed by atoms with Gasteiger partial charge in [0.1, 0.15) is 0 Å². The van der Waals surface area contributed by atoms with Crippen molar-refractivity contribution >= 4 is 12.0 Å². The second-order valence-electron chi connectivity index (χ2n) is 2.77. The molecule has 1 nitrogen and oxygen atoms in total. The predicted octanol–water partition coefficient (Wildman–Crippen LogP) is 4.61. The molecule has 16 heavy (non-hydrogen) atoms. The van der Waals surface area contributed by atoms with Crippen molar-refractivity contribution in [3.8, 4) is 0 Å². The van der Waals surface area contributed by atoms with E-state index in [1.165, 1.54) is 0 Å². The largest absolute Gasteiger partial charge is 0.413 e. The predicted molar refractivity (Wildman–Crippen MR) is 60.4 cm³/mol. The smallest absolute Gasteiger partial charge is 0.301 e. The van der Waals surface area contributed by atoms with Gasteiger partial charge in [0, 0.05) is 16.9 Å². The Hall–Kier alpha value is -0.680. The van der Waals surface area contributed by atoms with Gasteiger partial charge in [-0.05, 0) is 19.1 Å². The number of alkyl halides is 3. The molecule has 0 aromatic heterocycles. The van der Waals surface area contributed by atoms with Gasteiger partial charge < -0.3 is 4.18 Å². The fourth-order valence-electron chi connectivity index (χ4n) is 0.758. The van der Waals surface area contributed by atoms with Crippen LogP contribution in [0.25, 0.3) is 0 Å². The van der Waals surface area contributed by atoms with Crippen molar-refractivity contribution in [2.75, 3.05) is 6.61 Å². The Morgan fingerprint density at radius 1 is 1.12 bits per heavy atom.